The van der Waals surface area contributed by atoms with Gasteiger partial charge in [0.05, 0.1) is 10.8 Å². The summed E-state index contributed by atoms with van der Waals surface area (Å²) in [4.78, 5) is 25.1. The van der Waals surface area contributed by atoms with Crippen LogP contribution >= 0.6 is 27.7 Å². The maximum Gasteiger partial charge on any atom is 0.270 e. The predicted molar refractivity (Wildman–Crippen MR) is 96.2 cm³/mol. The van der Waals surface area contributed by atoms with Crippen molar-refractivity contribution in [2.24, 2.45) is 0 Å². The maximum atomic E-state index is 12.1. The molecule has 0 saturated heterocycles. The molecular weight excluding hydrogens is 376 g/mol. The molecule has 6 heteroatoms. The van der Waals surface area contributed by atoms with Gasteiger partial charge in [-0.1, -0.05) is 29.8 Å². The van der Waals surface area contributed by atoms with Crippen molar-refractivity contribution in [3.63, 3.8) is 0 Å². The highest BCUT2D eigenvalue weighted by molar-refractivity contribution is 9.10. The van der Waals surface area contributed by atoms with Crippen molar-refractivity contribution in [2.75, 3.05) is 0 Å². The summed E-state index contributed by atoms with van der Waals surface area (Å²) in [7, 11) is 0. The summed E-state index contributed by atoms with van der Waals surface area (Å²) in [6, 6.07) is 15.0. The van der Waals surface area contributed by atoms with Crippen LogP contribution in [0.25, 0.3) is 0 Å². The van der Waals surface area contributed by atoms with Crippen molar-refractivity contribution in [3.05, 3.63) is 64.1 Å². The number of carbonyl (C=O) groups is 2. The summed E-state index contributed by atoms with van der Waals surface area (Å²) < 4.78 is 0.675. The average molecular weight is 393 g/mol. The number of halogens is 1. The van der Waals surface area contributed by atoms with Crippen LogP contribution in [0.2, 0.25) is 0 Å². The molecule has 120 valence electrons. The van der Waals surface area contributed by atoms with E-state index in [4.69, 9.17) is 0 Å². The van der Waals surface area contributed by atoms with E-state index in [0.717, 1.165) is 4.90 Å². The van der Waals surface area contributed by atoms with Gasteiger partial charge in [0.25, 0.3) is 11.8 Å². The van der Waals surface area contributed by atoms with E-state index < -0.39 is 0 Å². The van der Waals surface area contributed by atoms with Crippen molar-refractivity contribution in [1.82, 2.24) is 10.9 Å². The van der Waals surface area contributed by atoms with E-state index in [2.05, 4.69) is 26.8 Å². The third-order valence-corrected chi connectivity index (χ3v) is 4.92. The minimum atomic E-state index is -0.363. The molecule has 23 heavy (non-hydrogen) atoms. The van der Waals surface area contributed by atoms with Crippen molar-refractivity contribution in [3.8, 4) is 0 Å². The number of hydrogen-bond donors (Lipinski definition) is 2. The number of rotatable bonds is 4. The Morgan fingerprint density at radius 3 is 2.35 bits per heavy atom. The van der Waals surface area contributed by atoms with Gasteiger partial charge in [0.1, 0.15) is 0 Å². The highest BCUT2D eigenvalue weighted by Gasteiger charge is 2.16. The molecule has 2 aromatic carbocycles. The molecule has 0 aromatic heterocycles. The second-order valence-corrected chi connectivity index (χ2v) is 7.26. The normalized spacial score (nSPS) is 11.6. The summed E-state index contributed by atoms with van der Waals surface area (Å²) in [6.07, 6.45) is 0. The number of hydrazine groups is 1. The van der Waals surface area contributed by atoms with E-state index in [0.29, 0.717) is 10.0 Å². The molecule has 2 rings (SSSR count). The van der Waals surface area contributed by atoms with Crippen LogP contribution in [-0.4, -0.2) is 17.1 Å². The van der Waals surface area contributed by atoms with Gasteiger partial charge in [0.2, 0.25) is 0 Å². The number of carbonyl (C=O) groups excluding carboxylic acids is 2. The van der Waals surface area contributed by atoms with Gasteiger partial charge in [-0.25, -0.2) is 0 Å². The van der Waals surface area contributed by atoms with Crippen LogP contribution in [0.15, 0.2) is 57.9 Å². The molecule has 0 aliphatic carbocycles. The molecule has 0 fully saturated rings. The Bertz CT molecular complexity index is 704. The summed E-state index contributed by atoms with van der Waals surface area (Å²) >= 11 is 4.74. The Morgan fingerprint density at radius 2 is 1.70 bits per heavy atom. The highest BCUT2D eigenvalue weighted by atomic mass is 79.9. The lowest BCUT2D eigenvalue weighted by Crippen LogP contribution is -2.45. The van der Waals surface area contributed by atoms with Gasteiger partial charge in [-0.15, -0.1) is 11.8 Å². The van der Waals surface area contributed by atoms with Crippen LogP contribution in [0, 0.1) is 6.92 Å². The molecule has 2 amide bonds. The largest absolute Gasteiger partial charge is 0.272 e. The Balaban J connectivity index is 1.87. The van der Waals surface area contributed by atoms with Crippen LogP contribution in [0.5, 0.6) is 0 Å². The predicted octanol–water partition coefficient (Wildman–Crippen LogP) is 3.70. The van der Waals surface area contributed by atoms with Crippen molar-refractivity contribution >= 4 is 39.5 Å². The van der Waals surface area contributed by atoms with Crippen LogP contribution in [0.3, 0.4) is 0 Å². The van der Waals surface area contributed by atoms with Crippen LogP contribution in [-0.2, 0) is 4.79 Å². The van der Waals surface area contributed by atoms with E-state index in [1.807, 2.05) is 37.3 Å². The molecule has 1 atom stereocenters. The van der Waals surface area contributed by atoms with Gasteiger partial charge in [0, 0.05) is 9.37 Å². The fourth-order valence-electron chi connectivity index (χ4n) is 1.81. The average Bonchev–Trinajstić information content (AvgIpc) is 2.54. The van der Waals surface area contributed by atoms with E-state index in [1.54, 1.807) is 25.1 Å². The van der Waals surface area contributed by atoms with E-state index in [1.165, 1.54) is 17.3 Å². The van der Waals surface area contributed by atoms with E-state index >= 15 is 0 Å². The van der Waals surface area contributed by atoms with Crippen molar-refractivity contribution < 1.29 is 9.59 Å². The first kappa shape index (κ1) is 17.6. The molecule has 4 nitrogen and oxygen atoms in total. The zero-order valence-corrected chi connectivity index (χ0v) is 15.2. The first-order valence-corrected chi connectivity index (χ1v) is 8.72. The minimum Gasteiger partial charge on any atom is -0.272 e. The summed E-state index contributed by atoms with van der Waals surface area (Å²) in [6.45, 7) is 3.81. The standard InChI is InChI=1S/C17H17BrN2O2S/c1-11-7-9-13(10-8-11)23-12(2)16(21)19-20-17(22)14-5-3-4-6-15(14)18/h3-10,12H,1-2H3,(H,19,21)(H,20,22)/t12-/m1/s1. The van der Waals surface area contributed by atoms with Gasteiger partial charge in [-0.05, 0) is 54.0 Å². The maximum absolute atomic E-state index is 12.1. The third kappa shape index (κ3) is 5.11. The Hall–Kier alpha value is -1.79. The highest BCUT2D eigenvalue weighted by Crippen LogP contribution is 2.23. The van der Waals surface area contributed by atoms with Crippen LogP contribution in [0.1, 0.15) is 22.8 Å². The number of nitrogens with one attached hydrogen (secondary N) is 2. The molecule has 0 heterocycles. The summed E-state index contributed by atoms with van der Waals surface area (Å²) in [5.41, 5.74) is 6.53. The molecule has 0 aliphatic heterocycles. The molecule has 0 saturated carbocycles. The Labute approximate surface area is 148 Å². The van der Waals surface area contributed by atoms with Crippen molar-refractivity contribution in [1.29, 1.82) is 0 Å². The van der Waals surface area contributed by atoms with Gasteiger partial charge in [-0.3, -0.25) is 20.4 Å². The molecule has 0 bridgehead atoms. The zero-order chi connectivity index (χ0) is 16.8. The molecule has 0 radical (unpaired) electrons. The Kier molecular flexibility index (Phi) is 6.24. The van der Waals surface area contributed by atoms with Crippen LogP contribution < -0.4 is 10.9 Å². The van der Waals surface area contributed by atoms with Gasteiger partial charge < -0.3 is 0 Å². The fraction of sp³-hybridized carbons (Fsp3) is 0.176. The SMILES string of the molecule is Cc1ccc(S[C@H](C)C(=O)NNC(=O)c2ccccc2Br)cc1. The lowest BCUT2D eigenvalue weighted by molar-refractivity contribution is -0.121. The summed E-state index contributed by atoms with van der Waals surface area (Å²) in [5, 5.41) is -0.322. The van der Waals surface area contributed by atoms with Crippen LogP contribution in [0.4, 0.5) is 0 Å². The molecular formula is C17H17BrN2O2S. The van der Waals surface area contributed by atoms with Gasteiger partial charge in [-0.2, -0.15) is 0 Å². The first-order chi connectivity index (χ1) is 11.0. The number of aryl methyl sites for hydroxylation is 1. The summed E-state index contributed by atoms with van der Waals surface area (Å²) in [5.74, 6) is -0.616. The van der Waals surface area contributed by atoms with Gasteiger partial charge in [0.15, 0.2) is 0 Å². The molecule has 2 N–H and O–H groups in total. The van der Waals surface area contributed by atoms with Gasteiger partial charge >= 0.3 is 0 Å². The molecule has 0 aliphatic rings. The monoisotopic (exact) mass is 392 g/mol. The number of hydrogen-bond acceptors (Lipinski definition) is 3. The zero-order valence-electron chi connectivity index (χ0n) is 12.8. The second kappa shape index (κ2) is 8.17. The lowest BCUT2D eigenvalue weighted by Gasteiger charge is -2.13. The quantitative estimate of drug-likeness (QED) is 0.615. The minimum absolute atomic E-state index is 0.254. The topological polar surface area (TPSA) is 58.2 Å². The lowest BCUT2D eigenvalue weighted by atomic mass is 10.2. The smallest absolute Gasteiger partial charge is 0.270 e. The molecule has 0 spiro atoms. The number of thioether (sulfide) groups is 1. The first-order valence-electron chi connectivity index (χ1n) is 7.05. The molecule has 2 aromatic rings. The van der Waals surface area contributed by atoms with E-state index in [9.17, 15) is 9.59 Å². The number of amides is 2. The number of benzene rings is 2. The third-order valence-electron chi connectivity index (χ3n) is 3.12. The molecule has 0 unspecified atom stereocenters. The van der Waals surface area contributed by atoms with E-state index in [-0.39, 0.29) is 17.1 Å². The van der Waals surface area contributed by atoms with Crippen molar-refractivity contribution in [2.45, 2.75) is 24.0 Å². The second-order valence-electron chi connectivity index (χ2n) is 5.00. The Morgan fingerprint density at radius 1 is 1.04 bits per heavy atom. The fourth-order valence-corrected chi connectivity index (χ4v) is 3.14.